The van der Waals surface area contributed by atoms with E-state index in [-0.39, 0.29) is 24.1 Å². The predicted octanol–water partition coefficient (Wildman–Crippen LogP) is 2.58. The molecule has 25 heavy (non-hydrogen) atoms. The largest absolute Gasteiger partial charge is 0.484 e. The van der Waals surface area contributed by atoms with Crippen LogP contribution in [0.2, 0.25) is 0 Å². The smallest absolute Gasteiger partial charge is 0.258 e. The quantitative estimate of drug-likeness (QED) is 0.750. The van der Waals surface area contributed by atoms with Gasteiger partial charge >= 0.3 is 0 Å². The molecule has 0 bridgehead atoms. The second-order valence-electron chi connectivity index (χ2n) is 5.79. The van der Waals surface area contributed by atoms with Crippen LogP contribution in [0.4, 0.5) is 0 Å². The zero-order valence-corrected chi connectivity index (χ0v) is 14.3. The van der Waals surface area contributed by atoms with Gasteiger partial charge in [0.1, 0.15) is 5.75 Å². The molecule has 130 valence electrons. The molecule has 0 heterocycles. The van der Waals surface area contributed by atoms with Crippen LogP contribution in [0.1, 0.15) is 29.8 Å². The van der Waals surface area contributed by atoms with E-state index in [9.17, 15) is 14.4 Å². The van der Waals surface area contributed by atoms with Crippen molar-refractivity contribution < 1.29 is 19.1 Å². The molecule has 0 saturated heterocycles. The molecule has 0 spiro atoms. The molecule has 5 heteroatoms. The number of benzene rings is 2. The van der Waals surface area contributed by atoms with Crippen molar-refractivity contribution in [1.82, 2.24) is 5.32 Å². The Bertz CT molecular complexity index is 738. The van der Waals surface area contributed by atoms with Gasteiger partial charge in [0.05, 0.1) is 6.04 Å². The molecule has 5 nitrogen and oxygen atoms in total. The van der Waals surface area contributed by atoms with Crippen LogP contribution in [-0.4, -0.2) is 30.1 Å². The molecule has 0 aliphatic carbocycles. The molecule has 2 aromatic carbocycles. The van der Waals surface area contributed by atoms with Crippen LogP contribution in [-0.2, 0) is 16.0 Å². The Morgan fingerprint density at radius 2 is 1.60 bits per heavy atom. The molecular formula is C20H21NO4. The maximum atomic E-state index is 12.1. The second-order valence-corrected chi connectivity index (χ2v) is 5.79. The lowest BCUT2D eigenvalue weighted by Gasteiger charge is -2.16. The number of hydrogen-bond donors (Lipinski definition) is 1. The third-order valence-corrected chi connectivity index (χ3v) is 3.74. The number of amides is 1. The highest BCUT2D eigenvalue weighted by molar-refractivity contribution is 5.94. The molecule has 0 fully saturated rings. The van der Waals surface area contributed by atoms with E-state index in [2.05, 4.69) is 5.32 Å². The van der Waals surface area contributed by atoms with Crippen molar-refractivity contribution in [2.45, 2.75) is 26.3 Å². The number of Topliss-reactive ketones (excluding diaryl/α,β-unsaturated/α-hetero) is 2. The summed E-state index contributed by atoms with van der Waals surface area (Å²) in [4.78, 5) is 35.0. The Hall–Kier alpha value is -2.95. The van der Waals surface area contributed by atoms with Crippen LogP contribution in [0.3, 0.4) is 0 Å². The molecular weight excluding hydrogens is 318 g/mol. The Morgan fingerprint density at radius 3 is 2.16 bits per heavy atom. The van der Waals surface area contributed by atoms with Gasteiger partial charge in [-0.15, -0.1) is 0 Å². The minimum Gasteiger partial charge on any atom is -0.484 e. The van der Waals surface area contributed by atoms with Crippen LogP contribution >= 0.6 is 0 Å². The first kappa shape index (κ1) is 18.4. The summed E-state index contributed by atoms with van der Waals surface area (Å²) in [5.74, 6) is -0.0214. The number of rotatable bonds is 8. The maximum Gasteiger partial charge on any atom is 0.258 e. The summed E-state index contributed by atoms with van der Waals surface area (Å²) in [6, 6.07) is 15.5. The van der Waals surface area contributed by atoms with Crippen molar-refractivity contribution in [3.8, 4) is 5.75 Å². The zero-order chi connectivity index (χ0) is 18.2. The lowest BCUT2D eigenvalue weighted by Crippen LogP contribution is -2.43. The number of carbonyl (C=O) groups is 3. The summed E-state index contributed by atoms with van der Waals surface area (Å²) in [5, 5.41) is 2.70. The number of ether oxygens (including phenoxy) is 1. The Labute approximate surface area is 147 Å². The fraction of sp³-hybridized carbons (Fsp3) is 0.250. The van der Waals surface area contributed by atoms with Gasteiger partial charge in [-0.2, -0.15) is 0 Å². The normalized spacial score (nSPS) is 11.4. The van der Waals surface area contributed by atoms with E-state index in [1.807, 2.05) is 30.3 Å². The molecule has 0 aliphatic heterocycles. The molecule has 0 saturated carbocycles. The third-order valence-electron chi connectivity index (χ3n) is 3.74. The Morgan fingerprint density at radius 1 is 0.960 bits per heavy atom. The van der Waals surface area contributed by atoms with Gasteiger partial charge in [-0.3, -0.25) is 14.4 Å². The summed E-state index contributed by atoms with van der Waals surface area (Å²) in [7, 11) is 0. The molecule has 1 atom stereocenters. The van der Waals surface area contributed by atoms with E-state index >= 15 is 0 Å². The summed E-state index contributed by atoms with van der Waals surface area (Å²) >= 11 is 0. The van der Waals surface area contributed by atoms with Gasteiger partial charge in [0, 0.05) is 5.56 Å². The van der Waals surface area contributed by atoms with E-state index in [4.69, 9.17) is 4.74 Å². The molecule has 1 amide bonds. The van der Waals surface area contributed by atoms with E-state index in [1.54, 1.807) is 24.3 Å². The van der Waals surface area contributed by atoms with Crippen molar-refractivity contribution in [2.75, 3.05) is 6.61 Å². The molecule has 2 rings (SSSR count). The van der Waals surface area contributed by atoms with Crippen molar-refractivity contribution in [3.63, 3.8) is 0 Å². The highest BCUT2D eigenvalue weighted by Gasteiger charge is 2.17. The van der Waals surface area contributed by atoms with Gasteiger partial charge < -0.3 is 10.1 Å². The maximum absolute atomic E-state index is 12.1. The van der Waals surface area contributed by atoms with Crippen LogP contribution in [0.15, 0.2) is 54.6 Å². The van der Waals surface area contributed by atoms with Crippen molar-refractivity contribution in [2.24, 2.45) is 0 Å². The van der Waals surface area contributed by atoms with Gasteiger partial charge in [-0.1, -0.05) is 30.3 Å². The lowest BCUT2D eigenvalue weighted by molar-refractivity contribution is -0.128. The highest BCUT2D eigenvalue weighted by atomic mass is 16.5. The lowest BCUT2D eigenvalue weighted by atomic mass is 10.0. The first-order valence-electron chi connectivity index (χ1n) is 8.03. The number of nitrogens with one attached hydrogen (secondary N) is 1. The molecule has 0 radical (unpaired) electrons. The average Bonchev–Trinajstić information content (AvgIpc) is 2.60. The molecule has 0 aliphatic rings. The minimum atomic E-state index is -0.585. The van der Waals surface area contributed by atoms with Crippen molar-refractivity contribution in [1.29, 1.82) is 0 Å². The van der Waals surface area contributed by atoms with Crippen molar-refractivity contribution in [3.05, 3.63) is 65.7 Å². The summed E-state index contributed by atoms with van der Waals surface area (Å²) in [5.41, 5.74) is 1.56. The van der Waals surface area contributed by atoms with Gasteiger partial charge in [-0.05, 0) is 50.1 Å². The predicted molar refractivity (Wildman–Crippen MR) is 94.7 cm³/mol. The van der Waals surface area contributed by atoms with Gasteiger partial charge in [0.15, 0.2) is 18.2 Å². The standard InChI is InChI=1S/C20H21NO4/c1-14(22)17-8-10-18(11-9-17)25-13-20(24)21-19(15(2)23)12-16-6-4-3-5-7-16/h3-11,19H,12-13H2,1-2H3,(H,21,24). The molecule has 1 N–H and O–H groups in total. The summed E-state index contributed by atoms with van der Waals surface area (Å²) < 4.78 is 5.40. The minimum absolute atomic E-state index is 0.0329. The van der Waals surface area contributed by atoms with Gasteiger partial charge in [0.2, 0.25) is 0 Å². The van der Waals surface area contributed by atoms with Crippen LogP contribution in [0, 0.1) is 0 Å². The van der Waals surface area contributed by atoms with Crippen LogP contribution in [0.5, 0.6) is 5.75 Å². The number of hydrogen-bond acceptors (Lipinski definition) is 4. The van der Waals surface area contributed by atoms with E-state index < -0.39 is 6.04 Å². The van der Waals surface area contributed by atoms with Gasteiger partial charge in [0.25, 0.3) is 5.91 Å². The molecule has 1 unspecified atom stereocenters. The second kappa shape index (κ2) is 8.78. The van der Waals surface area contributed by atoms with Crippen LogP contribution in [0.25, 0.3) is 0 Å². The highest BCUT2D eigenvalue weighted by Crippen LogP contribution is 2.12. The fourth-order valence-corrected chi connectivity index (χ4v) is 2.32. The van der Waals surface area contributed by atoms with Gasteiger partial charge in [-0.25, -0.2) is 0 Å². The number of carbonyl (C=O) groups excluding carboxylic acids is 3. The van der Waals surface area contributed by atoms with Crippen molar-refractivity contribution >= 4 is 17.5 Å². The Balaban J connectivity index is 1.88. The average molecular weight is 339 g/mol. The Kier molecular flexibility index (Phi) is 6.46. The summed E-state index contributed by atoms with van der Waals surface area (Å²) in [6.45, 7) is 2.74. The van der Waals surface area contributed by atoms with E-state index in [0.29, 0.717) is 17.7 Å². The first-order valence-corrected chi connectivity index (χ1v) is 8.03. The SMILES string of the molecule is CC(=O)c1ccc(OCC(=O)NC(Cc2ccccc2)C(C)=O)cc1. The fourth-order valence-electron chi connectivity index (χ4n) is 2.32. The van der Waals surface area contributed by atoms with E-state index in [1.165, 1.54) is 13.8 Å². The molecule has 2 aromatic rings. The zero-order valence-electron chi connectivity index (χ0n) is 14.3. The third kappa shape index (κ3) is 5.88. The van der Waals surface area contributed by atoms with E-state index in [0.717, 1.165) is 5.56 Å². The first-order chi connectivity index (χ1) is 12.0. The topological polar surface area (TPSA) is 72.5 Å². The summed E-state index contributed by atoms with van der Waals surface area (Å²) in [6.07, 6.45) is 0.440. The number of ketones is 2. The monoisotopic (exact) mass is 339 g/mol. The van der Waals surface area contributed by atoms with Crippen LogP contribution < -0.4 is 10.1 Å². The molecule has 0 aromatic heterocycles.